The van der Waals surface area contributed by atoms with E-state index in [1.807, 2.05) is 28.8 Å². The number of nitriles is 1. The smallest absolute Gasteiger partial charge is 0.267 e. The van der Waals surface area contributed by atoms with Crippen molar-refractivity contribution in [2.45, 2.75) is 19.4 Å². The van der Waals surface area contributed by atoms with Gasteiger partial charge in [-0.2, -0.15) is 5.26 Å². The van der Waals surface area contributed by atoms with Crippen LogP contribution >= 0.6 is 0 Å². The maximum absolute atomic E-state index is 12.7. The van der Waals surface area contributed by atoms with Crippen LogP contribution in [0.2, 0.25) is 0 Å². The lowest BCUT2D eigenvalue weighted by Gasteiger charge is -2.07. The number of amides is 1. The Hall–Kier alpha value is -3.39. The van der Waals surface area contributed by atoms with Gasteiger partial charge in [-0.1, -0.05) is 24.3 Å². The van der Waals surface area contributed by atoms with Crippen LogP contribution in [0.25, 0.3) is 10.9 Å². The Labute approximate surface area is 150 Å². The van der Waals surface area contributed by atoms with E-state index in [1.54, 1.807) is 24.3 Å². The van der Waals surface area contributed by atoms with Crippen molar-refractivity contribution in [3.05, 3.63) is 70.9 Å². The summed E-state index contributed by atoms with van der Waals surface area (Å²) < 4.78 is 1.99. The molecule has 0 atom stereocenters. The first kappa shape index (κ1) is 16.1. The van der Waals surface area contributed by atoms with E-state index in [0.29, 0.717) is 23.4 Å². The number of nitrogens with one attached hydrogen (secondary N) is 1. The van der Waals surface area contributed by atoms with Gasteiger partial charge in [-0.25, -0.2) is 0 Å². The van der Waals surface area contributed by atoms with Crippen LogP contribution in [-0.4, -0.2) is 22.8 Å². The Kier molecular flexibility index (Phi) is 4.02. The minimum Gasteiger partial charge on any atom is -0.351 e. The highest BCUT2D eigenvalue weighted by Gasteiger charge is 2.19. The molecule has 2 heterocycles. The fraction of sp³-hybridized carbons (Fsp3) is 0.190. The summed E-state index contributed by atoms with van der Waals surface area (Å²) in [6.45, 7) is 1.41. The third-order valence-electron chi connectivity index (χ3n) is 4.72. The van der Waals surface area contributed by atoms with Gasteiger partial charge in [-0.15, -0.1) is 0 Å². The van der Waals surface area contributed by atoms with E-state index in [9.17, 15) is 9.59 Å². The zero-order valence-electron chi connectivity index (χ0n) is 14.2. The van der Waals surface area contributed by atoms with E-state index in [2.05, 4.69) is 11.4 Å². The second kappa shape index (κ2) is 6.49. The molecule has 1 N–H and O–H groups in total. The van der Waals surface area contributed by atoms with Crippen molar-refractivity contribution in [3.8, 4) is 6.07 Å². The number of carbonyl (C=O) groups excluding carboxylic acids is 2. The summed E-state index contributed by atoms with van der Waals surface area (Å²) >= 11 is 0. The molecule has 0 aliphatic carbocycles. The summed E-state index contributed by atoms with van der Waals surface area (Å²) in [6, 6.07) is 16.6. The summed E-state index contributed by atoms with van der Waals surface area (Å²) in [5.74, 6) is -0.0736. The van der Waals surface area contributed by atoms with Crippen LogP contribution in [0.5, 0.6) is 0 Å². The van der Waals surface area contributed by atoms with Gasteiger partial charge in [0.25, 0.3) is 5.91 Å². The summed E-state index contributed by atoms with van der Waals surface area (Å²) in [4.78, 5) is 24.9. The molecule has 3 aromatic rings. The first-order valence-corrected chi connectivity index (χ1v) is 8.59. The number of hydrogen-bond acceptors (Lipinski definition) is 3. The molecule has 1 aliphatic heterocycles. The monoisotopic (exact) mass is 343 g/mol. The first-order valence-electron chi connectivity index (χ1n) is 8.59. The molecule has 128 valence electrons. The van der Waals surface area contributed by atoms with E-state index in [4.69, 9.17) is 5.26 Å². The fourth-order valence-corrected chi connectivity index (χ4v) is 3.42. The van der Waals surface area contributed by atoms with Crippen molar-refractivity contribution in [1.82, 2.24) is 9.88 Å². The van der Waals surface area contributed by atoms with Gasteiger partial charge in [0.05, 0.1) is 11.6 Å². The quantitative estimate of drug-likeness (QED) is 0.743. The maximum Gasteiger partial charge on any atom is 0.267 e. The molecular formula is C21H17N3O2. The van der Waals surface area contributed by atoms with Crippen molar-refractivity contribution in [1.29, 1.82) is 5.26 Å². The highest BCUT2D eigenvalue weighted by Crippen LogP contribution is 2.24. The topological polar surface area (TPSA) is 74.9 Å². The standard InChI is InChI=1S/C21H17N3O2/c22-13-15-4-1-3-14(9-15)10-20(25)17-6-5-16-11-19-21(26)23-7-2-8-24(19)18(16)12-17/h1,3-6,9,11-12H,2,7-8,10H2,(H,23,26). The van der Waals surface area contributed by atoms with Crippen LogP contribution in [0.4, 0.5) is 0 Å². The van der Waals surface area contributed by atoms with Crippen molar-refractivity contribution < 1.29 is 9.59 Å². The lowest BCUT2D eigenvalue weighted by molar-refractivity contribution is 0.0950. The zero-order valence-corrected chi connectivity index (χ0v) is 14.2. The van der Waals surface area contributed by atoms with Crippen LogP contribution in [0.1, 0.15) is 38.4 Å². The Morgan fingerprint density at radius 2 is 2.08 bits per heavy atom. The molecule has 5 heteroatoms. The third kappa shape index (κ3) is 2.86. The normalized spacial score (nSPS) is 13.6. The van der Waals surface area contributed by atoms with E-state index in [0.717, 1.165) is 29.4 Å². The third-order valence-corrected chi connectivity index (χ3v) is 4.72. The molecule has 1 aliphatic rings. The molecule has 26 heavy (non-hydrogen) atoms. The van der Waals surface area contributed by atoms with Gasteiger partial charge in [0.1, 0.15) is 5.69 Å². The molecule has 0 radical (unpaired) electrons. The van der Waals surface area contributed by atoms with Gasteiger partial charge in [0, 0.05) is 36.0 Å². The van der Waals surface area contributed by atoms with Gasteiger partial charge in [-0.3, -0.25) is 9.59 Å². The van der Waals surface area contributed by atoms with E-state index in [-0.39, 0.29) is 18.1 Å². The second-order valence-electron chi connectivity index (χ2n) is 6.48. The zero-order chi connectivity index (χ0) is 18.1. The predicted molar refractivity (Wildman–Crippen MR) is 98.1 cm³/mol. The minimum atomic E-state index is -0.0695. The Morgan fingerprint density at radius 3 is 2.92 bits per heavy atom. The minimum absolute atomic E-state index is 0.00406. The average Bonchev–Trinajstić information content (AvgIpc) is 2.93. The van der Waals surface area contributed by atoms with Gasteiger partial charge < -0.3 is 9.88 Å². The number of nitrogens with zero attached hydrogens (tertiary/aromatic N) is 2. The Morgan fingerprint density at radius 1 is 1.19 bits per heavy atom. The lowest BCUT2D eigenvalue weighted by Crippen LogP contribution is -2.22. The van der Waals surface area contributed by atoms with Crippen LogP contribution in [0.3, 0.4) is 0 Å². The van der Waals surface area contributed by atoms with Gasteiger partial charge in [-0.05, 0) is 36.2 Å². The van der Waals surface area contributed by atoms with Crippen LogP contribution in [0.15, 0.2) is 48.5 Å². The summed E-state index contributed by atoms with van der Waals surface area (Å²) in [7, 11) is 0. The van der Waals surface area contributed by atoms with Crippen LogP contribution in [-0.2, 0) is 13.0 Å². The van der Waals surface area contributed by atoms with Crippen LogP contribution in [0, 0.1) is 11.3 Å². The van der Waals surface area contributed by atoms with Crippen LogP contribution < -0.4 is 5.32 Å². The molecular weight excluding hydrogens is 326 g/mol. The number of ketones is 1. The van der Waals surface area contributed by atoms with E-state index < -0.39 is 0 Å². The van der Waals surface area contributed by atoms with Gasteiger partial charge in [0.15, 0.2) is 5.78 Å². The molecule has 0 saturated carbocycles. The molecule has 1 amide bonds. The number of rotatable bonds is 3. The van der Waals surface area contributed by atoms with Crippen molar-refractivity contribution in [2.24, 2.45) is 0 Å². The number of Topliss-reactive ketones (excluding diaryl/α,β-unsaturated/α-hetero) is 1. The van der Waals surface area contributed by atoms with Gasteiger partial charge >= 0.3 is 0 Å². The van der Waals surface area contributed by atoms with Crippen molar-refractivity contribution >= 4 is 22.6 Å². The largest absolute Gasteiger partial charge is 0.351 e. The Bertz CT molecular complexity index is 1070. The van der Waals surface area contributed by atoms with E-state index >= 15 is 0 Å². The van der Waals surface area contributed by atoms with Crippen molar-refractivity contribution in [2.75, 3.05) is 6.54 Å². The maximum atomic E-state index is 12.7. The molecule has 0 fully saturated rings. The Balaban J connectivity index is 1.68. The SMILES string of the molecule is N#Cc1cccc(CC(=O)c2ccc3cc4n(c3c2)CCCNC4=O)c1. The molecule has 4 rings (SSSR count). The molecule has 2 aromatic carbocycles. The number of benzene rings is 2. The number of aromatic nitrogens is 1. The molecule has 0 unspecified atom stereocenters. The number of carbonyl (C=O) groups is 2. The van der Waals surface area contributed by atoms with Crippen molar-refractivity contribution in [3.63, 3.8) is 0 Å². The van der Waals surface area contributed by atoms with E-state index in [1.165, 1.54) is 0 Å². The predicted octanol–water partition coefficient (Wildman–Crippen LogP) is 3.07. The molecule has 0 saturated heterocycles. The highest BCUT2D eigenvalue weighted by molar-refractivity contribution is 6.03. The number of fused-ring (bicyclic) bond motifs is 3. The summed E-state index contributed by atoms with van der Waals surface area (Å²) in [5.41, 5.74) is 3.54. The second-order valence-corrected chi connectivity index (χ2v) is 6.48. The summed E-state index contributed by atoms with van der Waals surface area (Å²) in [6.07, 6.45) is 1.11. The molecule has 5 nitrogen and oxygen atoms in total. The first-order chi connectivity index (χ1) is 12.7. The number of hydrogen-bond donors (Lipinski definition) is 1. The summed E-state index contributed by atoms with van der Waals surface area (Å²) in [5, 5.41) is 12.8. The highest BCUT2D eigenvalue weighted by atomic mass is 16.2. The molecule has 1 aromatic heterocycles. The van der Waals surface area contributed by atoms with Gasteiger partial charge in [0.2, 0.25) is 0 Å². The fourth-order valence-electron chi connectivity index (χ4n) is 3.42. The molecule has 0 spiro atoms. The molecule has 0 bridgehead atoms. The number of aryl methyl sites for hydroxylation is 1. The average molecular weight is 343 g/mol. The lowest BCUT2D eigenvalue weighted by atomic mass is 10.0.